The van der Waals surface area contributed by atoms with Crippen LogP contribution in [0.4, 0.5) is 0 Å². The van der Waals surface area contributed by atoms with Crippen molar-refractivity contribution in [3.63, 3.8) is 0 Å². The highest BCUT2D eigenvalue weighted by atomic mass is 16.1. The fraction of sp³-hybridized carbons (Fsp3) is 0.129. The van der Waals surface area contributed by atoms with Gasteiger partial charge in [0.2, 0.25) is 0 Å². The van der Waals surface area contributed by atoms with E-state index >= 15 is 0 Å². The van der Waals surface area contributed by atoms with E-state index in [4.69, 9.17) is 0 Å². The van der Waals surface area contributed by atoms with E-state index in [1.807, 2.05) is 72.8 Å². The van der Waals surface area contributed by atoms with Gasteiger partial charge in [0.1, 0.15) is 0 Å². The van der Waals surface area contributed by atoms with Gasteiger partial charge >= 0.3 is 0 Å². The topological polar surface area (TPSA) is 17.1 Å². The largest absolute Gasteiger partial charge is 0.289 e. The second kappa shape index (κ2) is 9.08. The molecule has 0 saturated heterocycles. The molecule has 156 valence electrons. The maximum Gasteiger partial charge on any atom is 0.194 e. The zero-order valence-electron chi connectivity index (χ0n) is 18.7. The molecular formula is C31H26O. The van der Waals surface area contributed by atoms with E-state index in [1.165, 1.54) is 5.56 Å². The Bertz CT molecular complexity index is 1290. The molecule has 4 aromatic rings. The monoisotopic (exact) mass is 414 g/mol. The molecule has 1 heteroatoms. The van der Waals surface area contributed by atoms with Crippen molar-refractivity contribution < 1.29 is 4.79 Å². The van der Waals surface area contributed by atoms with Crippen LogP contribution < -0.4 is 0 Å². The molecule has 4 aromatic carbocycles. The van der Waals surface area contributed by atoms with Gasteiger partial charge < -0.3 is 0 Å². The summed E-state index contributed by atoms with van der Waals surface area (Å²) in [6.07, 6.45) is 0. The summed E-state index contributed by atoms with van der Waals surface area (Å²) >= 11 is 0. The summed E-state index contributed by atoms with van der Waals surface area (Å²) in [5, 5.41) is 0. The molecule has 0 unspecified atom stereocenters. The molecule has 0 spiro atoms. The number of carbonyl (C=O) groups is 1. The van der Waals surface area contributed by atoms with Gasteiger partial charge in [0, 0.05) is 22.3 Å². The Morgan fingerprint density at radius 1 is 0.625 bits per heavy atom. The van der Waals surface area contributed by atoms with Crippen molar-refractivity contribution in [1.29, 1.82) is 0 Å². The van der Waals surface area contributed by atoms with Crippen LogP contribution in [0.5, 0.6) is 0 Å². The van der Waals surface area contributed by atoms with Crippen molar-refractivity contribution in [3.05, 3.63) is 131 Å². The van der Waals surface area contributed by atoms with Gasteiger partial charge in [-0.05, 0) is 40.3 Å². The first-order valence-corrected chi connectivity index (χ1v) is 10.8. The predicted octanol–water partition coefficient (Wildman–Crippen LogP) is 7.28. The minimum atomic E-state index is -0.0124. The fourth-order valence-corrected chi connectivity index (χ4v) is 3.66. The molecule has 0 amide bonds. The highest BCUT2D eigenvalue weighted by Gasteiger charge is 2.14. The molecule has 0 aliphatic rings. The van der Waals surface area contributed by atoms with Crippen molar-refractivity contribution in [2.45, 2.75) is 26.2 Å². The first-order chi connectivity index (χ1) is 15.4. The Kier molecular flexibility index (Phi) is 6.06. The molecule has 0 aliphatic carbocycles. The molecule has 0 saturated carbocycles. The molecule has 0 aliphatic heterocycles. The quantitative estimate of drug-likeness (QED) is 0.254. The Hall–Kier alpha value is -3.89. The third kappa shape index (κ3) is 4.71. The molecular weight excluding hydrogens is 388 g/mol. The highest BCUT2D eigenvalue weighted by Crippen LogP contribution is 2.28. The summed E-state index contributed by atoms with van der Waals surface area (Å²) in [6.45, 7) is 6.65. The Balaban J connectivity index is 1.70. The Labute approximate surface area is 190 Å². The summed E-state index contributed by atoms with van der Waals surface area (Å²) in [4.78, 5) is 13.0. The molecule has 32 heavy (non-hydrogen) atoms. The van der Waals surface area contributed by atoms with E-state index in [0.29, 0.717) is 11.1 Å². The second-order valence-corrected chi connectivity index (χ2v) is 8.86. The number of rotatable bonds is 3. The smallest absolute Gasteiger partial charge is 0.194 e. The lowest BCUT2D eigenvalue weighted by molar-refractivity contribution is 0.103. The minimum Gasteiger partial charge on any atom is -0.289 e. The zero-order chi connectivity index (χ0) is 22.6. The van der Waals surface area contributed by atoms with Crippen LogP contribution in [0, 0.1) is 11.8 Å². The lowest BCUT2D eigenvalue weighted by Crippen LogP contribution is -2.10. The van der Waals surface area contributed by atoms with E-state index in [-0.39, 0.29) is 11.2 Å². The minimum absolute atomic E-state index is 0.0124. The van der Waals surface area contributed by atoms with Crippen LogP contribution in [0.15, 0.2) is 103 Å². The van der Waals surface area contributed by atoms with E-state index in [0.717, 1.165) is 22.3 Å². The fourth-order valence-electron chi connectivity index (χ4n) is 3.66. The maximum absolute atomic E-state index is 13.0. The Morgan fingerprint density at radius 2 is 1.19 bits per heavy atom. The summed E-state index contributed by atoms with van der Waals surface area (Å²) in [5.41, 5.74) is 6.62. The third-order valence-electron chi connectivity index (χ3n) is 5.53. The first-order valence-electron chi connectivity index (χ1n) is 10.8. The third-order valence-corrected chi connectivity index (χ3v) is 5.53. The van der Waals surface area contributed by atoms with Gasteiger partial charge in [-0.3, -0.25) is 4.79 Å². The molecule has 0 heterocycles. The van der Waals surface area contributed by atoms with Crippen LogP contribution in [-0.2, 0) is 5.41 Å². The average molecular weight is 415 g/mol. The summed E-state index contributed by atoms with van der Waals surface area (Å²) in [7, 11) is 0. The van der Waals surface area contributed by atoms with E-state index in [9.17, 15) is 4.79 Å². The average Bonchev–Trinajstić information content (AvgIpc) is 2.83. The van der Waals surface area contributed by atoms with Crippen molar-refractivity contribution in [2.75, 3.05) is 0 Å². The number of carbonyl (C=O) groups excluding carboxylic acids is 1. The SMILES string of the molecule is CC(C)(C)c1ccc(-c2ccccc2C#Cc2ccccc2C(=O)c2ccccc2)cc1. The number of benzene rings is 4. The van der Waals surface area contributed by atoms with Crippen LogP contribution >= 0.6 is 0 Å². The summed E-state index contributed by atoms with van der Waals surface area (Å²) in [6, 6.07) is 33.7. The molecule has 0 atom stereocenters. The highest BCUT2D eigenvalue weighted by molar-refractivity contribution is 6.10. The maximum atomic E-state index is 13.0. The molecule has 0 aromatic heterocycles. The number of ketones is 1. The van der Waals surface area contributed by atoms with E-state index in [2.05, 4.69) is 62.9 Å². The van der Waals surface area contributed by atoms with Crippen LogP contribution in [0.2, 0.25) is 0 Å². The van der Waals surface area contributed by atoms with Crippen molar-refractivity contribution in [1.82, 2.24) is 0 Å². The molecule has 0 bridgehead atoms. The summed E-state index contributed by atoms with van der Waals surface area (Å²) < 4.78 is 0. The van der Waals surface area contributed by atoms with Gasteiger partial charge in [-0.15, -0.1) is 0 Å². The van der Waals surface area contributed by atoms with Gasteiger partial charge in [-0.2, -0.15) is 0 Å². The summed E-state index contributed by atoms with van der Waals surface area (Å²) in [5.74, 6) is 6.56. The van der Waals surface area contributed by atoms with Crippen LogP contribution in [-0.4, -0.2) is 5.78 Å². The standard InChI is InChI=1S/C31H26O/c1-31(2,3)27-21-19-25(20-22-27)28-15-9-7-11-23(28)17-18-24-12-8-10-16-29(24)30(32)26-13-5-4-6-14-26/h4-16,19-22H,1-3H3. The van der Waals surface area contributed by atoms with Crippen LogP contribution in [0.25, 0.3) is 11.1 Å². The van der Waals surface area contributed by atoms with Crippen molar-refractivity contribution in [2.24, 2.45) is 0 Å². The van der Waals surface area contributed by atoms with Gasteiger partial charge in [-0.1, -0.05) is 118 Å². The molecule has 0 N–H and O–H groups in total. The van der Waals surface area contributed by atoms with Gasteiger partial charge in [0.05, 0.1) is 0 Å². The van der Waals surface area contributed by atoms with Gasteiger partial charge in [0.15, 0.2) is 5.78 Å². The van der Waals surface area contributed by atoms with Crippen LogP contribution in [0.3, 0.4) is 0 Å². The molecule has 0 fully saturated rings. The Morgan fingerprint density at radius 3 is 1.88 bits per heavy atom. The molecule has 1 nitrogen and oxygen atoms in total. The number of hydrogen-bond acceptors (Lipinski definition) is 1. The lowest BCUT2D eigenvalue weighted by atomic mass is 9.86. The van der Waals surface area contributed by atoms with Crippen LogP contribution in [0.1, 0.15) is 53.4 Å². The van der Waals surface area contributed by atoms with Crippen molar-refractivity contribution in [3.8, 4) is 23.0 Å². The molecule has 0 radical (unpaired) electrons. The second-order valence-electron chi connectivity index (χ2n) is 8.86. The van der Waals surface area contributed by atoms with E-state index < -0.39 is 0 Å². The number of hydrogen-bond donors (Lipinski definition) is 0. The van der Waals surface area contributed by atoms with Gasteiger partial charge in [0.25, 0.3) is 0 Å². The van der Waals surface area contributed by atoms with E-state index in [1.54, 1.807) is 0 Å². The normalized spacial score (nSPS) is 10.8. The van der Waals surface area contributed by atoms with Gasteiger partial charge in [-0.25, -0.2) is 0 Å². The lowest BCUT2D eigenvalue weighted by Gasteiger charge is -2.19. The predicted molar refractivity (Wildman–Crippen MR) is 133 cm³/mol. The van der Waals surface area contributed by atoms with Crippen molar-refractivity contribution >= 4 is 5.78 Å². The first kappa shape index (κ1) is 21.3. The molecule has 4 rings (SSSR count). The zero-order valence-corrected chi connectivity index (χ0v) is 18.7.